The zero-order valence-electron chi connectivity index (χ0n) is 10.8. The van der Waals surface area contributed by atoms with Gasteiger partial charge >= 0.3 is 0 Å². The van der Waals surface area contributed by atoms with E-state index in [1.165, 1.54) is 5.56 Å². The zero-order chi connectivity index (χ0) is 12.1. The predicted octanol–water partition coefficient (Wildman–Crippen LogP) is 4.61. The molecule has 0 bridgehead atoms. The topological polar surface area (TPSA) is 9.23 Å². The molecule has 0 fully saturated rings. The van der Waals surface area contributed by atoms with Gasteiger partial charge in [-0.1, -0.05) is 39.8 Å². The van der Waals surface area contributed by atoms with Gasteiger partial charge in [0.25, 0.3) is 0 Å². The highest BCUT2D eigenvalue weighted by Crippen LogP contribution is 2.14. The first-order valence-electron chi connectivity index (χ1n) is 5.48. The maximum atomic E-state index is 5.04. The van der Waals surface area contributed by atoms with Gasteiger partial charge in [-0.05, 0) is 24.0 Å². The summed E-state index contributed by atoms with van der Waals surface area (Å²) in [5.41, 5.74) is 1.35. The van der Waals surface area contributed by atoms with Crippen LogP contribution in [-0.4, -0.2) is 13.4 Å². The van der Waals surface area contributed by atoms with E-state index in [4.69, 9.17) is 4.74 Å². The predicted molar refractivity (Wildman–Crippen MR) is 72.9 cm³/mol. The fraction of sp³-hybridized carbons (Fsp3) is 0.538. The summed E-state index contributed by atoms with van der Waals surface area (Å²) in [6.45, 7) is 8.00. The van der Waals surface area contributed by atoms with Gasteiger partial charge in [-0.2, -0.15) is 11.8 Å². The Morgan fingerprint density at radius 1 is 1.00 bits per heavy atom. The van der Waals surface area contributed by atoms with E-state index in [1.807, 2.05) is 51.6 Å². The maximum absolute atomic E-state index is 5.04. The Labute approximate surface area is 99.2 Å². The summed E-state index contributed by atoms with van der Waals surface area (Å²) in [4.78, 5) is 0. The molecule has 0 amide bonds. The Morgan fingerprint density at radius 2 is 1.47 bits per heavy atom. The van der Waals surface area contributed by atoms with Crippen LogP contribution in [-0.2, 0) is 5.75 Å². The molecule has 0 N–H and O–H groups in total. The van der Waals surface area contributed by atoms with Crippen molar-refractivity contribution in [1.82, 2.24) is 0 Å². The van der Waals surface area contributed by atoms with Crippen LogP contribution < -0.4 is 4.74 Å². The molecule has 0 saturated heterocycles. The lowest BCUT2D eigenvalue weighted by Gasteiger charge is -2.00. The average molecular weight is 228 g/mol. The molecule has 0 atom stereocenters. The van der Waals surface area contributed by atoms with Crippen LogP contribution in [0.4, 0.5) is 0 Å². The molecular weight excluding hydrogens is 204 g/mol. The van der Waals surface area contributed by atoms with Crippen molar-refractivity contribution in [3.8, 4) is 5.75 Å². The molecule has 1 rings (SSSR count). The smallest absolute Gasteiger partial charge is 0.118 e. The summed E-state index contributed by atoms with van der Waals surface area (Å²) in [5, 5.41) is 0. The van der Waals surface area contributed by atoms with Crippen molar-refractivity contribution in [2.24, 2.45) is 0 Å². The SMILES string of the molecule is CC.CC.COc1ccc(CSC)cc1. The third-order valence-corrected chi connectivity index (χ3v) is 2.09. The molecule has 0 heterocycles. The highest BCUT2D eigenvalue weighted by atomic mass is 32.2. The van der Waals surface area contributed by atoms with Crippen molar-refractivity contribution in [2.45, 2.75) is 33.4 Å². The normalized spacial score (nSPS) is 7.87. The van der Waals surface area contributed by atoms with Crippen LogP contribution >= 0.6 is 11.8 Å². The summed E-state index contributed by atoms with van der Waals surface area (Å²) in [7, 11) is 1.68. The molecule has 0 aliphatic rings. The first-order chi connectivity index (χ1) is 7.36. The standard InChI is InChI=1S/C9H12OS.2C2H6/c1-10-9-5-3-8(4-6-9)7-11-2;2*1-2/h3-6H,7H2,1-2H3;2*1-2H3. The summed E-state index contributed by atoms with van der Waals surface area (Å²) in [6.07, 6.45) is 2.10. The van der Waals surface area contributed by atoms with E-state index >= 15 is 0 Å². The van der Waals surface area contributed by atoms with Gasteiger partial charge in [0.05, 0.1) is 7.11 Å². The van der Waals surface area contributed by atoms with E-state index in [9.17, 15) is 0 Å². The van der Waals surface area contributed by atoms with Crippen molar-refractivity contribution in [1.29, 1.82) is 0 Å². The second-order valence-corrected chi connectivity index (χ2v) is 3.15. The van der Waals surface area contributed by atoms with Crippen LogP contribution in [0.25, 0.3) is 0 Å². The maximum Gasteiger partial charge on any atom is 0.118 e. The number of hydrogen-bond acceptors (Lipinski definition) is 2. The largest absolute Gasteiger partial charge is 0.497 e. The van der Waals surface area contributed by atoms with E-state index in [-0.39, 0.29) is 0 Å². The van der Waals surface area contributed by atoms with Crippen molar-refractivity contribution >= 4 is 11.8 Å². The second kappa shape index (κ2) is 13.4. The third-order valence-electron chi connectivity index (χ3n) is 1.47. The molecule has 1 aromatic rings. The minimum absolute atomic E-state index is 0.926. The van der Waals surface area contributed by atoms with Crippen molar-refractivity contribution in [3.63, 3.8) is 0 Å². The number of thioether (sulfide) groups is 1. The summed E-state index contributed by atoms with van der Waals surface area (Å²) < 4.78 is 5.04. The average Bonchev–Trinajstić information content (AvgIpc) is 2.36. The van der Waals surface area contributed by atoms with Crippen molar-refractivity contribution in [3.05, 3.63) is 29.8 Å². The number of ether oxygens (including phenoxy) is 1. The molecular formula is C13H24OS. The minimum atomic E-state index is 0.926. The summed E-state index contributed by atoms with van der Waals surface area (Å²) >= 11 is 1.83. The van der Waals surface area contributed by atoms with Crippen molar-refractivity contribution < 1.29 is 4.74 Å². The number of hydrogen-bond donors (Lipinski definition) is 0. The molecule has 0 aromatic heterocycles. The Hall–Kier alpha value is -0.630. The molecule has 88 valence electrons. The Balaban J connectivity index is 0. The first-order valence-corrected chi connectivity index (χ1v) is 6.88. The van der Waals surface area contributed by atoms with Crippen LogP contribution in [0.3, 0.4) is 0 Å². The Bertz CT molecular complexity index is 206. The van der Waals surface area contributed by atoms with Crippen molar-refractivity contribution in [2.75, 3.05) is 13.4 Å². The lowest BCUT2D eigenvalue weighted by molar-refractivity contribution is 0.414. The van der Waals surface area contributed by atoms with Crippen LogP contribution in [0.15, 0.2) is 24.3 Å². The van der Waals surface area contributed by atoms with E-state index < -0.39 is 0 Å². The molecule has 0 aliphatic heterocycles. The molecule has 2 heteroatoms. The summed E-state index contributed by atoms with van der Waals surface area (Å²) in [6, 6.07) is 8.17. The number of methoxy groups -OCH3 is 1. The van der Waals surface area contributed by atoms with E-state index in [1.54, 1.807) is 7.11 Å². The minimum Gasteiger partial charge on any atom is -0.497 e. The molecule has 1 aromatic carbocycles. The van der Waals surface area contributed by atoms with Gasteiger partial charge < -0.3 is 4.74 Å². The van der Waals surface area contributed by atoms with Gasteiger partial charge in [-0.15, -0.1) is 0 Å². The van der Waals surface area contributed by atoms with Crippen LogP contribution in [0.5, 0.6) is 5.75 Å². The first kappa shape index (κ1) is 16.8. The van der Waals surface area contributed by atoms with Gasteiger partial charge in [0, 0.05) is 5.75 Å². The highest BCUT2D eigenvalue weighted by molar-refractivity contribution is 7.97. The van der Waals surface area contributed by atoms with Gasteiger partial charge in [0.1, 0.15) is 5.75 Å². The van der Waals surface area contributed by atoms with E-state index in [0.717, 1.165) is 11.5 Å². The lowest BCUT2D eigenvalue weighted by atomic mass is 10.2. The monoisotopic (exact) mass is 228 g/mol. The zero-order valence-corrected chi connectivity index (χ0v) is 11.6. The molecule has 0 aliphatic carbocycles. The van der Waals surface area contributed by atoms with Gasteiger partial charge in [-0.25, -0.2) is 0 Å². The molecule has 0 unspecified atom stereocenters. The Morgan fingerprint density at radius 3 is 1.80 bits per heavy atom. The van der Waals surface area contributed by atoms with Crippen LogP contribution in [0, 0.1) is 0 Å². The van der Waals surface area contributed by atoms with E-state index in [0.29, 0.717) is 0 Å². The van der Waals surface area contributed by atoms with E-state index in [2.05, 4.69) is 18.4 Å². The summed E-state index contributed by atoms with van der Waals surface area (Å²) in [5.74, 6) is 2.00. The second-order valence-electron chi connectivity index (χ2n) is 2.28. The lowest BCUT2D eigenvalue weighted by Crippen LogP contribution is -1.83. The Kier molecular flexibility index (Phi) is 15.0. The fourth-order valence-corrected chi connectivity index (χ4v) is 1.41. The van der Waals surface area contributed by atoms with Crippen LogP contribution in [0.2, 0.25) is 0 Å². The van der Waals surface area contributed by atoms with Gasteiger partial charge in [-0.3, -0.25) is 0 Å². The quantitative estimate of drug-likeness (QED) is 0.747. The number of benzene rings is 1. The highest BCUT2D eigenvalue weighted by Gasteiger charge is 1.91. The molecule has 15 heavy (non-hydrogen) atoms. The molecule has 1 nitrogen and oxygen atoms in total. The van der Waals surface area contributed by atoms with Gasteiger partial charge in [0.2, 0.25) is 0 Å². The van der Waals surface area contributed by atoms with Crippen LogP contribution in [0.1, 0.15) is 33.3 Å². The third kappa shape index (κ3) is 8.37. The fourth-order valence-electron chi connectivity index (χ4n) is 0.888. The molecule has 0 radical (unpaired) electrons. The van der Waals surface area contributed by atoms with Gasteiger partial charge in [0.15, 0.2) is 0 Å². The molecule has 0 saturated carbocycles. The molecule has 0 spiro atoms. The number of rotatable bonds is 3.